The van der Waals surface area contributed by atoms with Crippen LogP contribution in [0.2, 0.25) is 0 Å². The van der Waals surface area contributed by atoms with Crippen LogP contribution in [0, 0.1) is 0 Å². The van der Waals surface area contributed by atoms with Crippen LogP contribution in [0.4, 0.5) is 5.69 Å². The van der Waals surface area contributed by atoms with Gasteiger partial charge in [-0.25, -0.2) is 0 Å². The minimum absolute atomic E-state index is 0.179. The Labute approximate surface area is 205 Å². The van der Waals surface area contributed by atoms with Crippen molar-refractivity contribution in [2.45, 2.75) is 5.22 Å². The number of methoxy groups -OCH3 is 1. The lowest BCUT2D eigenvalue weighted by Gasteiger charge is -2.09. The van der Waals surface area contributed by atoms with Gasteiger partial charge < -0.3 is 24.5 Å². The normalized spacial score (nSPS) is 10.5. The largest absolute Gasteiger partial charge is 0.497 e. The molecule has 2 aromatic heterocycles. The van der Waals surface area contributed by atoms with Gasteiger partial charge in [0.05, 0.1) is 7.11 Å². The highest BCUT2D eigenvalue weighted by molar-refractivity contribution is 7.98. The number of aromatic nitrogens is 2. The van der Waals surface area contributed by atoms with Crippen molar-refractivity contribution in [1.82, 2.24) is 15.3 Å². The first kappa shape index (κ1) is 23.8. The van der Waals surface area contributed by atoms with Gasteiger partial charge in [-0.1, -0.05) is 11.8 Å². The van der Waals surface area contributed by atoms with Crippen LogP contribution < -0.4 is 20.1 Å². The van der Waals surface area contributed by atoms with Crippen molar-refractivity contribution in [3.05, 3.63) is 78.2 Å². The number of anilines is 1. The lowest BCUT2D eigenvalue weighted by Crippen LogP contribution is -2.18. The van der Waals surface area contributed by atoms with E-state index < -0.39 is 5.91 Å². The van der Waals surface area contributed by atoms with Crippen LogP contribution >= 0.6 is 11.8 Å². The van der Waals surface area contributed by atoms with Crippen molar-refractivity contribution in [2.75, 3.05) is 25.7 Å². The molecule has 0 spiro atoms. The molecule has 2 N–H and O–H groups in total. The van der Waals surface area contributed by atoms with Gasteiger partial charge in [-0.05, 0) is 60.9 Å². The van der Waals surface area contributed by atoms with Crippen molar-refractivity contribution < 1.29 is 23.5 Å². The predicted octanol–water partition coefficient (Wildman–Crippen LogP) is 4.87. The highest BCUT2D eigenvalue weighted by atomic mass is 32.2. The number of rotatable bonds is 8. The number of amides is 2. The number of nitrogens with zero attached hydrogens (tertiary/aromatic N) is 2. The lowest BCUT2D eigenvalue weighted by molar-refractivity contribution is 0.0957. The summed E-state index contributed by atoms with van der Waals surface area (Å²) in [6.45, 7) is 0. The first-order chi connectivity index (χ1) is 17.0. The second-order valence-corrected chi connectivity index (χ2v) is 7.88. The molecule has 0 aliphatic heterocycles. The maximum atomic E-state index is 13.0. The quantitative estimate of drug-likeness (QED) is 0.336. The van der Waals surface area contributed by atoms with Crippen molar-refractivity contribution in [3.63, 3.8) is 0 Å². The van der Waals surface area contributed by atoms with E-state index in [1.54, 1.807) is 67.8 Å². The summed E-state index contributed by atoms with van der Waals surface area (Å²) in [7, 11) is 3.12. The minimum atomic E-state index is -0.405. The van der Waals surface area contributed by atoms with E-state index >= 15 is 0 Å². The Kier molecular flexibility index (Phi) is 7.32. The van der Waals surface area contributed by atoms with Crippen LogP contribution in [-0.2, 0) is 0 Å². The zero-order valence-electron chi connectivity index (χ0n) is 19.2. The second-order valence-electron chi connectivity index (χ2n) is 7.13. The Morgan fingerprint density at radius 2 is 1.66 bits per heavy atom. The number of carbonyl (C=O) groups excluding carboxylic acids is 2. The second kappa shape index (κ2) is 10.7. The molecule has 0 saturated carbocycles. The van der Waals surface area contributed by atoms with Gasteiger partial charge >= 0.3 is 0 Å². The van der Waals surface area contributed by atoms with Crippen LogP contribution in [0.5, 0.6) is 17.2 Å². The third-order valence-electron chi connectivity index (χ3n) is 4.89. The van der Waals surface area contributed by atoms with Crippen LogP contribution in [0.25, 0.3) is 11.3 Å². The number of nitrogens with one attached hydrogen (secondary N) is 2. The van der Waals surface area contributed by atoms with E-state index in [9.17, 15) is 9.59 Å². The van der Waals surface area contributed by atoms with E-state index in [-0.39, 0.29) is 17.3 Å². The fourth-order valence-corrected chi connectivity index (χ4v) is 3.49. The van der Waals surface area contributed by atoms with Gasteiger partial charge in [0.2, 0.25) is 0 Å². The van der Waals surface area contributed by atoms with Crippen LogP contribution in [-0.4, -0.2) is 42.2 Å². The van der Waals surface area contributed by atoms with Crippen molar-refractivity contribution in [3.8, 4) is 28.6 Å². The number of oxazole rings is 1. The molecule has 2 amide bonds. The van der Waals surface area contributed by atoms with E-state index in [1.807, 2.05) is 6.26 Å². The van der Waals surface area contributed by atoms with Gasteiger partial charge in [0.15, 0.2) is 11.5 Å². The number of hydrogen-bond acceptors (Lipinski definition) is 8. The fraction of sp³-hybridized carbons (Fsp3) is 0.120. The monoisotopic (exact) mass is 490 g/mol. The third kappa shape index (κ3) is 5.61. The maximum absolute atomic E-state index is 13.0. The van der Waals surface area contributed by atoms with Gasteiger partial charge in [-0.2, -0.15) is 4.98 Å². The summed E-state index contributed by atoms with van der Waals surface area (Å²) >= 11 is 1.31. The standard InChI is InChI=1S/C25H22N4O5S/c1-26-23(30)20-14-19(12-13-27-20)33-18-10-6-16(7-11-18)28-24(31)21-22(34-25(29-21)35-3)15-4-8-17(32-2)9-5-15/h4-14H,1-3H3,(H,26,30)(H,28,31). The SMILES string of the molecule is CNC(=O)c1cc(Oc2ccc(NC(=O)c3nc(SC)oc3-c3ccc(OC)cc3)cc2)ccn1. The Balaban J connectivity index is 1.49. The Bertz CT molecular complexity index is 1340. The van der Waals surface area contributed by atoms with E-state index in [1.165, 1.54) is 25.0 Å². The van der Waals surface area contributed by atoms with Crippen LogP contribution in [0.3, 0.4) is 0 Å². The van der Waals surface area contributed by atoms with Gasteiger partial charge in [0.25, 0.3) is 17.0 Å². The zero-order valence-corrected chi connectivity index (χ0v) is 20.0. The van der Waals surface area contributed by atoms with E-state index in [0.717, 1.165) is 0 Å². The Hall–Kier alpha value is -4.31. The van der Waals surface area contributed by atoms with Crippen molar-refractivity contribution in [2.24, 2.45) is 0 Å². The number of thioether (sulfide) groups is 1. The topological polar surface area (TPSA) is 116 Å². The lowest BCUT2D eigenvalue weighted by atomic mass is 10.1. The molecule has 0 atom stereocenters. The number of benzene rings is 2. The molecule has 0 fully saturated rings. The molecular weight excluding hydrogens is 468 g/mol. The summed E-state index contributed by atoms with van der Waals surface area (Å²) in [6.07, 6.45) is 3.32. The predicted molar refractivity (Wildman–Crippen MR) is 132 cm³/mol. The van der Waals surface area contributed by atoms with Crippen molar-refractivity contribution in [1.29, 1.82) is 0 Å². The minimum Gasteiger partial charge on any atom is -0.497 e. The van der Waals surface area contributed by atoms with E-state index in [4.69, 9.17) is 13.9 Å². The average Bonchev–Trinajstić information content (AvgIpc) is 3.34. The number of carbonyl (C=O) groups is 2. The zero-order chi connectivity index (χ0) is 24.8. The molecule has 35 heavy (non-hydrogen) atoms. The Morgan fingerprint density at radius 3 is 2.31 bits per heavy atom. The molecule has 2 heterocycles. The first-order valence-electron chi connectivity index (χ1n) is 10.5. The molecular formula is C25H22N4O5S. The average molecular weight is 491 g/mol. The van der Waals surface area contributed by atoms with Crippen molar-refractivity contribution >= 4 is 29.3 Å². The number of ether oxygens (including phenoxy) is 2. The van der Waals surface area contributed by atoms with Crippen LogP contribution in [0.1, 0.15) is 21.0 Å². The summed E-state index contributed by atoms with van der Waals surface area (Å²) < 4.78 is 16.8. The van der Waals surface area contributed by atoms with Gasteiger partial charge in [-0.3, -0.25) is 14.6 Å². The van der Waals surface area contributed by atoms with Gasteiger partial charge in [0.1, 0.15) is 22.9 Å². The molecule has 4 rings (SSSR count). The third-order valence-corrected chi connectivity index (χ3v) is 5.41. The number of hydrogen-bond donors (Lipinski definition) is 2. The maximum Gasteiger partial charge on any atom is 0.278 e. The molecule has 0 aliphatic rings. The molecule has 178 valence electrons. The Morgan fingerprint density at radius 1 is 0.943 bits per heavy atom. The molecule has 10 heteroatoms. The van der Waals surface area contributed by atoms with Crippen LogP contribution in [0.15, 0.2) is 76.5 Å². The summed E-state index contributed by atoms with van der Waals surface area (Å²) in [5, 5.41) is 5.74. The molecule has 0 bridgehead atoms. The molecule has 9 nitrogen and oxygen atoms in total. The molecule has 0 saturated heterocycles. The molecule has 2 aromatic carbocycles. The fourth-order valence-electron chi connectivity index (χ4n) is 3.14. The molecule has 0 aliphatic carbocycles. The molecule has 0 unspecified atom stereocenters. The first-order valence-corrected chi connectivity index (χ1v) is 11.7. The smallest absolute Gasteiger partial charge is 0.278 e. The van der Waals surface area contributed by atoms with E-state index in [2.05, 4.69) is 20.6 Å². The summed E-state index contributed by atoms with van der Waals surface area (Å²) in [5.74, 6) is 1.36. The number of pyridine rings is 1. The van der Waals surface area contributed by atoms with Gasteiger partial charge in [-0.15, -0.1) is 0 Å². The van der Waals surface area contributed by atoms with E-state index in [0.29, 0.717) is 39.5 Å². The summed E-state index contributed by atoms with van der Waals surface area (Å²) in [5.41, 5.74) is 1.69. The summed E-state index contributed by atoms with van der Waals surface area (Å²) in [4.78, 5) is 33.1. The highest BCUT2D eigenvalue weighted by Gasteiger charge is 2.21. The highest BCUT2D eigenvalue weighted by Crippen LogP contribution is 2.31. The summed E-state index contributed by atoms with van der Waals surface area (Å²) in [6, 6.07) is 17.2. The molecule has 4 aromatic rings. The molecule has 0 radical (unpaired) electrons. The van der Waals surface area contributed by atoms with Gasteiger partial charge in [0, 0.05) is 30.6 Å².